The van der Waals surface area contributed by atoms with Crippen molar-refractivity contribution in [3.8, 4) is 10.8 Å². The fraction of sp³-hybridized carbons (Fsp3) is 0.250. The lowest BCUT2D eigenvalue weighted by molar-refractivity contribution is 0.108. The molecule has 5 heteroatoms. The van der Waals surface area contributed by atoms with Crippen molar-refractivity contribution in [3.63, 3.8) is 0 Å². The molecule has 0 radical (unpaired) electrons. The van der Waals surface area contributed by atoms with Crippen LogP contribution in [0.4, 0.5) is 0 Å². The topological polar surface area (TPSA) is 43.1 Å². The van der Waals surface area contributed by atoms with E-state index < -0.39 is 5.24 Å². The summed E-state index contributed by atoms with van der Waals surface area (Å²) in [5, 5.41) is 3.28. The van der Waals surface area contributed by atoms with Gasteiger partial charge in [-0.1, -0.05) is 20.8 Å². The van der Waals surface area contributed by atoms with Crippen LogP contribution in [-0.4, -0.2) is 10.2 Å². The first-order valence-electron chi connectivity index (χ1n) is 6.54. The summed E-state index contributed by atoms with van der Waals surface area (Å²) in [4.78, 5) is 15.8. The number of rotatable bonds is 2. The van der Waals surface area contributed by atoms with Crippen LogP contribution >= 0.6 is 22.9 Å². The molecule has 0 aliphatic rings. The summed E-state index contributed by atoms with van der Waals surface area (Å²) in [5.74, 6) is 0.713. The molecule has 0 aliphatic heterocycles. The molecule has 3 rings (SSSR count). The fourth-order valence-corrected chi connectivity index (χ4v) is 3.12. The van der Waals surface area contributed by atoms with Crippen molar-refractivity contribution < 1.29 is 9.21 Å². The number of hydrogen-bond acceptors (Lipinski definition) is 4. The number of hydrogen-bond donors (Lipinski definition) is 0. The molecule has 2 aromatic heterocycles. The van der Waals surface area contributed by atoms with Crippen LogP contribution < -0.4 is 0 Å². The van der Waals surface area contributed by atoms with E-state index in [1.165, 1.54) is 0 Å². The Morgan fingerprint density at radius 2 is 2.05 bits per heavy atom. The monoisotopic (exact) mass is 319 g/mol. The summed E-state index contributed by atoms with van der Waals surface area (Å²) >= 11 is 7.06. The van der Waals surface area contributed by atoms with Crippen molar-refractivity contribution in [2.75, 3.05) is 0 Å². The zero-order chi connectivity index (χ0) is 15.2. The van der Waals surface area contributed by atoms with Crippen LogP contribution in [0.1, 0.15) is 36.8 Å². The molecule has 0 unspecified atom stereocenters. The van der Waals surface area contributed by atoms with Crippen molar-refractivity contribution in [2.24, 2.45) is 0 Å². The Labute approximate surface area is 131 Å². The van der Waals surface area contributed by atoms with E-state index in [1.807, 2.05) is 6.07 Å². The number of furan rings is 1. The Morgan fingerprint density at radius 3 is 2.67 bits per heavy atom. The van der Waals surface area contributed by atoms with Crippen LogP contribution in [0.3, 0.4) is 0 Å². The summed E-state index contributed by atoms with van der Waals surface area (Å²) in [5.41, 5.74) is 2.24. The minimum Gasteiger partial charge on any atom is -0.454 e. The highest BCUT2D eigenvalue weighted by Crippen LogP contribution is 2.33. The average Bonchev–Trinajstić information content (AvgIpc) is 3.03. The van der Waals surface area contributed by atoms with Crippen LogP contribution in [0.25, 0.3) is 21.7 Å². The van der Waals surface area contributed by atoms with Gasteiger partial charge < -0.3 is 4.42 Å². The number of fused-ring (bicyclic) bond motifs is 1. The van der Waals surface area contributed by atoms with Gasteiger partial charge in [0.25, 0.3) is 5.24 Å². The van der Waals surface area contributed by atoms with Crippen LogP contribution in [0.15, 0.2) is 34.1 Å². The Kier molecular flexibility index (Phi) is 3.38. The number of carbonyl (C=O) groups excluding carboxylic acids is 1. The van der Waals surface area contributed by atoms with E-state index in [0.717, 1.165) is 21.7 Å². The number of halogens is 1. The molecule has 21 heavy (non-hydrogen) atoms. The van der Waals surface area contributed by atoms with Gasteiger partial charge in [0.05, 0.1) is 5.69 Å². The predicted molar refractivity (Wildman–Crippen MR) is 86.2 cm³/mol. The van der Waals surface area contributed by atoms with Gasteiger partial charge in [-0.05, 0) is 35.9 Å². The quantitative estimate of drug-likeness (QED) is 0.607. The van der Waals surface area contributed by atoms with Crippen LogP contribution in [0.2, 0.25) is 0 Å². The number of nitrogens with zero attached hydrogens (tertiary/aromatic N) is 1. The van der Waals surface area contributed by atoms with Crippen molar-refractivity contribution in [2.45, 2.75) is 26.2 Å². The lowest BCUT2D eigenvalue weighted by Crippen LogP contribution is -2.11. The van der Waals surface area contributed by atoms with E-state index >= 15 is 0 Å². The molecule has 0 bridgehead atoms. The first kappa shape index (κ1) is 14.3. The molecule has 1 aromatic carbocycles. The molecule has 3 nitrogen and oxygen atoms in total. The number of aromatic nitrogens is 1. The molecule has 108 valence electrons. The molecule has 0 fully saturated rings. The summed E-state index contributed by atoms with van der Waals surface area (Å²) in [7, 11) is 0. The lowest BCUT2D eigenvalue weighted by Gasteiger charge is -2.13. The van der Waals surface area contributed by atoms with Gasteiger partial charge in [-0.15, -0.1) is 11.3 Å². The van der Waals surface area contributed by atoms with E-state index in [9.17, 15) is 4.79 Å². The van der Waals surface area contributed by atoms with Gasteiger partial charge in [-0.25, -0.2) is 4.98 Å². The van der Waals surface area contributed by atoms with Gasteiger partial charge in [-0.3, -0.25) is 4.79 Å². The average molecular weight is 320 g/mol. The van der Waals surface area contributed by atoms with E-state index in [2.05, 4.69) is 31.1 Å². The maximum absolute atomic E-state index is 11.2. The molecular weight excluding hydrogens is 306 g/mol. The van der Waals surface area contributed by atoms with Crippen molar-refractivity contribution in [3.05, 3.63) is 40.9 Å². The predicted octanol–water partition coefficient (Wildman–Crippen LogP) is 5.23. The van der Waals surface area contributed by atoms with Gasteiger partial charge in [-0.2, -0.15) is 0 Å². The van der Waals surface area contributed by atoms with Gasteiger partial charge in [0.15, 0.2) is 10.8 Å². The maximum Gasteiger partial charge on any atom is 0.252 e. The second-order valence-corrected chi connectivity index (χ2v) is 7.13. The molecule has 2 heterocycles. The summed E-state index contributed by atoms with van der Waals surface area (Å²) in [6, 6.07) is 7.04. The van der Waals surface area contributed by atoms with Crippen LogP contribution in [0.5, 0.6) is 0 Å². The molecule has 0 atom stereocenters. The standard InChI is InChI=1S/C16H14ClNO2S/c1-16(2,3)13-8-21-15(18-13)12-7-10-6-9(14(17)19)4-5-11(10)20-12/h4-8H,1-3H3. The van der Waals surface area contributed by atoms with E-state index in [1.54, 1.807) is 29.5 Å². The minimum atomic E-state index is -0.469. The molecule has 3 aromatic rings. The zero-order valence-corrected chi connectivity index (χ0v) is 13.5. The Morgan fingerprint density at radius 1 is 1.29 bits per heavy atom. The summed E-state index contributed by atoms with van der Waals surface area (Å²) in [6.07, 6.45) is 0. The smallest absolute Gasteiger partial charge is 0.252 e. The highest BCUT2D eigenvalue weighted by Gasteiger charge is 2.19. The molecule has 0 aliphatic carbocycles. The molecular formula is C16H14ClNO2S. The Balaban J connectivity index is 2.05. The molecule has 0 amide bonds. The van der Waals surface area contributed by atoms with Crippen molar-refractivity contribution in [1.29, 1.82) is 0 Å². The third kappa shape index (κ3) is 2.74. The zero-order valence-electron chi connectivity index (χ0n) is 11.9. The van der Waals surface area contributed by atoms with E-state index in [0.29, 0.717) is 11.3 Å². The normalized spacial score (nSPS) is 12.0. The summed E-state index contributed by atoms with van der Waals surface area (Å²) < 4.78 is 5.81. The molecule has 0 N–H and O–H groups in total. The van der Waals surface area contributed by atoms with Gasteiger partial charge >= 0.3 is 0 Å². The largest absolute Gasteiger partial charge is 0.454 e. The SMILES string of the molecule is CC(C)(C)c1csc(-c2cc3cc(C(=O)Cl)ccc3o2)n1. The Hall–Kier alpha value is -1.65. The summed E-state index contributed by atoms with van der Waals surface area (Å²) in [6.45, 7) is 6.38. The number of thiazole rings is 1. The lowest BCUT2D eigenvalue weighted by atomic mass is 9.93. The maximum atomic E-state index is 11.2. The molecule has 0 saturated carbocycles. The van der Waals surface area contributed by atoms with E-state index in [-0.39, 0.29) is 5.41 Å². The highest BCUT2D eigenvalue weighted by molar-refractivity contribution is 7.13. The van der Waals surface area contributed by atoms with Gasteiger partial charge in [0, 0.05) is 21.7 Å². The van der Waals surface area contributed by atoms with Crippen molar-refractivity contribution in [1.82, 2.24) is 4.98 Å². The first-order chi connectivity index (χ1) is 9.84. The fourth-order valence-electron chi connectivity index (χ4n) is 2.00. The Bertz CT molecular complexity index is 826. The van der Waals surface area contributed by atoms with E-state index in [4.69, 9.17) is 16.0 Å². The van der Waals surface area contributed by atoms with Gasteiger partial charge in [0.1, 0.15) is 5.58 Å². The minimum absolute atomic E-state index is 0.0129. The third-order valence-electron chi connectivity index (χ3n) is 3.23. The number of benzene rings is 1. The highest BCUT2D eigenvalue weighted by atomic mass is 35.5. The second-order valence-electron chi connectivity index (χ2n) is 5.92. The van der Waals surface area contributed by atoms with Gasteiger partial charge in [0.2, 0.25) is 0 Å². The second kappa shape index (κ2) is 4.97. The van der Waals surface area contributed by atoms with Crippen LogP contribution in [0, 0.1) is 0 Å². The van der Waals surface area contributed by atoms with Crippen molar-refractivity contribution >= 4 is 39.1 Å². The number of carbonyl (C=O) groups is 1. The molecule has 0 saturated heterocycles. The molecule has 0 spiro atoms. The van der Waals surface area contributed by atoms with Crippen LogP contribution in [-0.2, 0) is 5.41 Å². The third-order valence-corrected chi connectivity index (χ3v) is 4.30. The first-order valence-corrected chi connectivity index (χ1v) is 7.80.